The minimum absolute atomic E-state index is 0. The van der Waals surface area contributed by atoms with E-state index in [9.17, 15) is 4.79 Å². The number of piperidine rings is 1. The molecule has 0 amide bonds. The molecule has 1 aliphatic rings. The lowest BCUT2D eigenvalue weighted by molar-refractivity contribution is 0.0895. The molecule has 0 radical (unpaired) electrons. The molecular formula is C13H18BrNO. The summed E-state index contributed by atoms with van der Waals surface area (Å²) >= 11 is 0. The Morgan fingerprint density at radius 2 is 1.75 bits per heavy atom. The summed E-state index contributed by atoms with van der Waals surface area (Å²) < 4.78 is 0. The molecule has 1 aromatic carbocycles. The van der Waals surface area contributed by atoms with Crippen molar-refractivity contribution in [2.24, 2.45) is 5.92 Å². The lowest BCUT2D eigenvalue weighted by Crippen LogP contribution is -2.31. The van der Waals surface area contributed by atoms with Gasteiger partial charge in [0.05, 0.1) is 0 Å². The lowest BCUT2D eigenvalue weighted by Gasteiger charge is -2.21. The van der Waals surface area contributed by atoms with Gasteiger partial charge in [0, 0.05) is 11.5 Å². The largest absolute Gasteiger partial charge is 0.317 e. The third-order valence-corrected chi connectivity index (χ3v) is 3.05. The zero-order valence-corrected chi connectivity index (χ0v) is 11.2. The van der Waals surface area contributed by atoms with Gasteiger partial charge >= 0.3 is 0 Å². The van der Waals surface area contributed by atoms with Crippen LogP contribution in [0.25, 0.3) is 0 Å². The molecule has 1 fully saturated rings. The van der Waals surface area contributed by atoms with Gasteiger partial charge in [0.1, 0.15) is 0 Å². The van der Waals surface area contributed by atoms with Crippen molar-refractivity contribution in [3.63, 3.8) is 0 Å². The molecule has 1 aliphatic heterocycles. The number of carbonyl (C=O) groups excluding carboxylic acids is 1. The summed E-state index contributed by atoms with van der Waals surface area (Å²) in [5, 5.41) is 3.28. The van der Waals surface area contributed by atoms with Crippen molar-refractivity contribution in [3.8, 4) is 0 Å². The van der Waals surface area contributed by atoms with E-state index in [1.54, 1.807) is 0 Å². The number of rotatable bonds is 2. The van der Waals surface area contributed by atoms with E-state index in [1.807, 2.05) is 31.2 Å². The number of aryl methyl sites for hydroxylation is 1. The fraction of sp³-hybridized carbons (Fsp3) is 0.462. The molecular weight excluding hydrogens is 266 g/mol. The standard InChI is InChI=1S/C13H17NO.BrH/c1-10-2-4-11(5-3-10)13(15)12-6-8-14-9-7-12;/h2-5,12,14H,6-9H2,1H3;1H. The Morgan fingerprint density at radius 3 is 2.31 bits per heavy atom. The molecule has 0 aliphatic carbocycles. The molecule has 88 valence electrons. The molecule has 1 heterocycles. The van der Waals surface area contributed by atoms with Gasteiger partial charge in [-0.3, -0.25) is 4.79 Å². The second-order valence-electron chi connectivity index (χ2n) is 4.25. The van der Waals surface area contributed by atoms with E-state index in [4.69, 9.17) is 0 Å². The van der Waals surface area contributed by atoms with Gasteiger partial charge in [0.25, 0.3) is 0 Å². The van der Waals surface area contributed by atoms with Gasteiger partial charge in [-0.15, -0.1) is 17.0 Å². The lowest BCUT2D eigenvalue weighted by atomic mass is 9.89. The van der Waals surface area contributed by atoms with E-state index < -0.39 is 0 Å². The molecule has 1 aromatic rings. The summed E-state index contributed by atoms with van der Waals surface area (Å²) in [6, 6.07) is 7.90. The van der Waals surface area contributed by atoms with Crippen LogP contribution < -0.4 is 5.32 Å². The molecule has 0 bridgehead atoms. The first-order valence-corrected chi connectivity index (χ1v) is 5.59. The van der Waals surface area contributed by atoms with Gasteiger partial charge in [0.2, 0.25) is 0 Å². The predicted molar refractivity (Wildman–Crippen MR) is 71.4 cm³/mol. The highest BCUT2D eigenvalue weighted by Crippen LogP contribution is 2.18. The first-order chi connectivity index (χ1) is 7.27. The molecule has 0 aromatic heterocycles. The number of carbonyl (C=O) groups is 1. The van der Waals surface area contributed by atoms with Gasteiger partial charge in [-0.25, -0.2) is 0 Å². The zero-order valence-electron chi connectivity index (χ0n) is 9.53. The highest BCUT2D eigenvalue weighted by molar-refractivity contribution is 8.93. The number of benzene rings is 1. The third-order valence-electron chi connectivity index (χ3n) is 3.05. The Hall–Kier alpha value is -0.670. The van der Waals surface area contributed by atoms with E-state index in [2.05, 4.69) is 5.32 Å². The van der Waals surface area contributed by atoms with Gasteiger partial charge in [-0.05, 0) is 32.9 Å². The second-order valence-corrected chi connectivity index (χ2v) is 4.25. The maximum absolute atomic E-state index is 12.1. The van der Waals surface area contributed by atoms with Crippen molar-refractivity contribution in [2.45, 2.75) is 19.8 Å². The summed E-state index contributed by atoms with van der Waals surface area (Å²) in [5.74, 6) is 0.547. The third kappa shape index (κ3) is 3.16. The summed E-state index contributed by atoms with van der Waals surface area (Å²) in [5.41, 5.74) is 2.07. The average Bonchev–Trinajstić information content (AvgIpc) is 2.30. The Labute approximate surface area is 107 Å². The molecule has 2 nitrogen and oxygen atoms in total. The molecule has 2 rings (SSSR count). The summed E-state index contributed by atoms with van der Waals surface area (Å²) in [6.45, 7) is 3.99. The first-order valence-electron chi connectivity index (χ1n) is 5.59. The number of halogens is 1. The number of hydrogen-bond acceptors (Lipinski definition) is 2. The van der Waals surface area contributed by atoms with Crippen molar-refractivity contribution < 1.29 is 4.79 Å². The van der Waals surface area contributed by atoms with Gasteiger partial charge in [-0.2, -0.15) is 0 Å². The molecule has 0 spiro atoms. The van der Waals surface area contributed by atoms with Crippen LogP contribution in [0.5, 0.6) is 0 Å². The van der Waals surface area contributed by atoms with E-state index in [-0.39, 0.29) is 22.9 Å². The number of nitrogens with one attached hydrogen (secondary N) is 1. The molecule has 0 atom stereocenters. The monoisotopic (exact) mass is 283 g/mol. The highest BCUT2D eigenvalue weighted by atomic mass is 79.9. The Morgan fingerprint density at radius 1 is 1.19 bits per heavy atom. The normalized spacial score (nSPS) is 16.6. The van der Waals surface area contributed by atoms with E-state index in [0.717, 1.165) is 31.5 Å². The molecule has 0 unspecified atom stereocenters. The van der Waals surface area contributed by atoms with Gasteiger partial charge in [-0.1, -0.05) is 29.8 Å². The fourth-order valence-corrected chi connectivity index (χ4v) is 2.04. The second kappa shape index (κ2) is 6.16. The van der Waals surface area contributed by atoms with Crippen LogP contribution in [0.3, 0.4) is 0 Å². The Kier molecular flexibility index (Phi) is 5.16. The maximum atomic E-state index is 12.1. The highest BCUT2D eigenvalue weighted by Gasteiger charge is 2.21. The minimum Gasteiger partial charge on any atom is -0.317 e. The molecule has 3 heteroatoms. The van der Waals surface area contributed by atoms with Crippen LogP contribution in [0.2, 0.25) is 0 Å². The van der Waals surface area contributed by atoms with Crippen molar-refractivity contribution in [1.29, 1.82) is 0 Å². The van der Waals surface area contributed by atoms with Crippen LogP contribution in [-0.2, 0) is 0 Å². The number of ketones is 1. The first kappa shape index (κ1) is 13.4. The van der Waals surface area contributed by atoms with Crippen LogP contribution >= 0.6 is 17.0 Å². The van der Waals surface area contributed by atoms with E-state index in [0.29, 0.717) is 5.78 Å². The minimum atomic E-state index is 0. The van der Waals surface area contributed by atoms with E-state index >= 15 is 0 Å². The quantitative estimate of drug-likeness (QED) is 0.846. The van der Waals surface area contributed by atoms with Crippen LogP contribution in [0.1, 0.15) is 28.8 Å². The molecule has 1 N–H and O–H groups in total. The summed E-state index contributed by atoms with van der Waals surface area (Å²) in [7, 11) is 0. The summed E-state index contributed by atoms with van der Waals surface area (Å²) in [6.07, 6.45) is 1.96. The van der Waals surface area contributed by atoms with Gasteiger partial charge in [0.15, 0.2) is 5.78 Å². The van der Waals surface area contributed by atoms with E-state index in [1.165, 1.54) is 5.56 Å². The smallest absolute Gasteiger partial charge is 0.166 e. The van der Waals surface area contributed by atoms with Crippen LogP contribution in [0.15, 0.2) is 24.3 Å². The van der Waals surface area contributed by atoms with Crippen molar-refractivity contribution >= 4 is 22.8 Å². The van der Waals surface area contributed by atoms with Crippen molar-refractivity contribution in [1.82, 2.24) is 5.32 Å². The molecule has 0 saturated carbocycles. The number of Topliss-reactive ketones (excluding diaryl/α,β-unsaturated/α-hetero) is 1. The predicted octanol–water partition coefficient (Wildman–Crippen LogP) is 2.76. The fourth-order valence-electron chi connectivity index (χ4n) is 2.04. The van der Waals surface area contributed by atoms with Gasteiger partial charge < -0.3 is 5.32 Å². The SMILES string of the molecule is Br.Cc1ccc(C(=O)C2CCNCC2)cc1. The maximum Gasteiger partial charge on any atom is 0.166 e. The Balaban J connectivity index is 0.00000128. The topological polar surface area (TPSA) is 29.1 Å². The molecule has 16 heavy (non-hydrogen) atoms. The number of hydrogen-bond donors (Lipinski definition) is 1. The van der Waals surface area contributed by atoms with Crippen LogP contribution in [0.4, 0.5) is 0 Å². The Bertz CT molecular complexity index is 341. The van der Waals surface area contributed by atoms with Crippen molar-refractivity contribution in [2.75, 3.05) is 13.1 Å². The average molecular weight is 284 g/mol. The molecule has 1 saturated heterocycles. The summed E-state index contributed by atoms with van der Waals surface area (Å²) in [4.78, 5) is 12.1. The zero-order chi connectivity index (χ0) is 10.7. The van der Waals surface area contributed by atoms with Crippen LogP contribution in [0, 0.1) is 12.8 Å². The van der Waals surface area contributed by atoms with Crippen LogP contribution in [-0.4, -0.2) is 18.9 Å². The van der Waals surface area contributed by atoms with Crippen molar-refractivity contribution in [3.05, 3.63) is 35.4 Å².